The fourth-order valence-corrected chi connectivity index (χ4v) is 1.87. The van der Waals surface area contributed by atoms with Gasteiger partial charge in [-0.15, -0.1) is 0 Å². The lowest BCUT2D eigenvalue weighted by molar-refractivity contribution is -0.120. The first-order chi connectivity index (χ1) is 11.2. The molecule has 0 saturated heterocycles. The van der Waals surface area contributed by atoms with Crippen LogP contribution in [0.3, 0.4) is 0 Å². The summed E-state index contributed by atoms with van der Waals surface area (Å²) in [5.41, 5.74) is 1.50. The molecule has 6 heteroatoms. The molecule has 23 heavy (non-hydrogen) atoms. The third-order valence-electron chi connectivity index (χ3n) is 2.79. The topological polar surface area (TPSA) is 59.9 Å². The van der Waals surface area contributed by atoms with Gasteiger partial charge in [0.25, 0.3) is 5.91 Å². The Morgan fingerprint density at radius 2 is 1.87 bits per heavy atom. The predicted octanol–water partition coefficient (Wildman–Crippen LogP) is 3.73. The van der Waals surface area contributed by atoms with Crippen molar-refractivity contribution in [2.24, 2.45) is 5.16 Å². The van der Waals surface area contributed by atoms with Crippen LogP contribution in [0.4, 0.5) is 5.69 Å². The fourth-order valence-electron chi connectivity index (χ4n) is 1.74. The first kappa shape index (κ1) is 16.8. The molecule has 0 aliphatic carbocycles. The molecule has 2 aromatic carbocycles. The number of carbonyl (C=O) groups excluding carboxylic acids is 1. The van der Waals surface area contributed by atoms with Crippen molar-refractivity contribution in [1.82, 2.24) is 0 Å². The van der Waals surface area contributed by atoms with Crippen molar-refractivity contribution in [3.8, 4) is 5.75 Å². The first-order valence-corrected chi connectivity index (χ1v) is 7.49. The van der Waals surface area contributed by atoms with E-state index in [2.05, 4.69) is 10.5 Å². The Labute approximate surface area is 139 Å². The quantitative estimate of drug-likeness (QED) is 0.621. The average molecular weight is 333 g/mol. The number of anilines is 1. The normalized spacial score (nSPS) is 10.5. The molecular formula is C17H17ClN2O3. The van der Waals surface area contributed by atoms with Crippen LogP contribution in [0.5, 0.6) is 5.75 Å². The third kappa shape index (κ3) is 6.00. The van der Waals surface area contributed by atoms with Crippen molar-refractivity contribution in [3.05, 3.63) is 59.1 Å². The largest absolute Gasteiger partial charge is 0.494 e. The summed E-state index contributed by atoms with van der Waals surface area (Å²) in [5.74, 6) is 0.469. The van der Waals surface area contributed by atoms with Crippen LogP contribution in [0.2, 0.25) is 5.02 Å². The minimum atomic E-state index is -0.289. The molecule has 5 nitrogen and oxygen atoms in total. The number of nitrogens with zero attached hydrogens (tertiary/aromatic N) is 1. The first-order valence-electron chi connectivity index (χ1n) is 7.11. The number of amides is 1. The predicted molar refractivity (Wildman–Crippen MR) is 91.2 cm³/mol. The van der Waals surface area contributed by atoms with Gasteiger partial charge in [0, 0.05) is 10.7 Å². The second kappa shape index (κ2) is 8.80. The Hall–Kier alpha value is -2.53. The van der Waals surface area contributed by atoms with E-state index in [0.717, 1.165) is 11.3 Å². The number of ether oxygens (including phenoxy) is 1. The van der Waals surface area contributed by atoms with Gasteiger partial charge in [-0.25, -0.2) is 0 Å². The van der Waals surface area contributed by atoms with Gasteiger partial charge >= 0.3 is 0 Å². The molecule has 0 aliphatic rings. The standard InChI is InChI=1S/C17H17ClN2O3/c1-2-22-16-9-7-15(8-10-16)20-17(21)12-23-19-11-13-3-5-14(18)6-4-13/h3-11H,2,12H2,1H3,(H,20,21)/b19-11-. The van der Waals surface area contributed by atoms with Crippen LogP contribution >= 0.6 is 11.6 Å². The van der Waals surface area contributed by atoms with Gasteiger partial charge in [0.2, 0.25) is 0 Å². The minimum absolute atomic E-state index is 0.169. The van der Waals surface area contributed by atoms with Gasteiger partial charge in [0.1, 0.15) is 5.75 Å². The summed E-state index contributed by atoms with van der Waals surface area (Å²) >= 11 is 5.78. The maximum atomic E-state index is 11.7. The van der Waals surface area contributed by atoms with Gasteiger partial charge in [-0.1, -0.05) is 28.9 Å². The summed E-state index contributed by atoms with van der Waals surface area (Å²) < 4.78 is 5.33. The van der Waals surface area contributed by atoms with Gasteiger partial charge in [0.05, 0.1) is 12.8 Å². The number of hydrogen-bond donors (Lipinski definition) is 1. The number of benzene rings is 2. The lowest BCUT2D eigenvalue weighted by Crippen LogP contribution is -2.16. The van der Waals surface area contributed by atoms with Gasteiger partial charge < -0.3 is 14.9 Å². The molecule has 0 bridgehead atoms. The number of oxime groups is 1. The maximum Gasteiger partial charge on any atom is 0.265 e. The van der Waals surface area contributed by atoms with Crippen LogP contribution in [-0.4, -0.2) is 25.3 Å². The van der Waals surface area contributed by atoms with Crippen LogP contribution < -0.4 is 10.1 Å². The average Bonchev–Trinajstić information content (AvgIpc) is 2.55. The van der Waals surface area contributed by atoms with Gasteiger partial charge in [0.15, 0.2) is 6.61 Å². The van der Waals surface area contributed by atoms with E-state index in [4.69, 9.17) is 21.2 Å². The second-order valence-corrected chi connectivity index (χ2v) is 5.00. The molecule has 0 unspecified atom stereocenters. The maximum absolute atomic E-state index is 11.7. The molecule has 2 rings (SSSR count). The van der Waals surface area contributed by atoms with Crippen molar-refractivity contribution >= 4 is 29.4 Å². The zero-order chi connectivity index (χ0) is 16.5. The van der Waals surface area contributed by atoms with Crippen LogP contribution in [0, 0.1) is 0 Å². The lowest BCUT2D eigenvalue weighted by atomic mass is 10.2. The highest BCUT2D eigenvalue weighted by atomic mass is 35.5. The second-order valence-electron chi connectivity index (χ2n) is 4.57. The number of nitrogens with one attached hydrogen (secondary N) is 1. The molecule has 1 amide bonds. The van der Waals surface area contributed by atoms with E-state index >= 15 is 0 Å². The van der Waals surface area contributed by atoms with Crippen LogP contribution in [0.15, 0.2) is 53.7 Å². The molecule has 0 saturated carbocycles. The van der Waals surface area contributed by atoms with Crippen LogP contribution in [-0.2, 0) is 9.63 Å². The molecular weight excluding hydrogens is 316 g/mol. The van der Waals surface area contributed by atoms with Crippen LogP contribution in [0.1, 0.15) is 12.5 Å². The van der Waals surface area contributed by atoms with E-state index in [9.17, 15) is 4.79 Å². The van der Waals surface area contributed by atoms with E-state index in [0.29, 0.717) is 17.3 Å². The number of hydrogen-bond acceptors (Lipinski definition) is 4. The molecule has 0 fully saturated rings. The molecule has 0 aliphatic heterocycles. The van der Waals surface area contributed by atoms with E-state index in [1.807, 2.05) is 6.92 Å². The minimum Gasteiger partial charge on any atom is -0.494 e. The van der Waals surface area contributed by atoms with Gasteiger partial charge in [-0.05, 0) is 48.9 Å². The highest BCUT2D eigenvalue weighted by Gasteiger charge is 2.02. The SMILES string of the molecule is CCOc1ccc(NC(=O)CO/N=C\c2ccc(Cl)cc2)cc1. The van der Waals surface area contributed by atoms with Gasteiger partial charge in [-0.3, -0.25) is 4.79 Å². The monoisotopic (exact) mass is 332 g/mol. The Morgan fingerprint density at radius 3 is 2.52 bits per heavy atom. The Balaban J connectivity index is 1.75. The van der Waals surface area contributed by atoms with Crippen molar-refractivity contribution in [2.75, 3.05) is 18.5 Å². The number of carbonyl (C=O) groups is 1. The van der Waals surface area contributed by atoms with Gasteiger partial charge in [-0.2, -0.15) is 0 Å². The smallest absolute Gasteiger partial charge is 0.265 e. The summed E-state index contributed by atoms with van der Waals surface area (Å²) in [7, 11) is 0. The molecule has 0 spiro atoms. The van der Waals surface area contributed by atoms with E-state index in [1.54, 1.807) is 48.5 Å². The Bertz CT molecular complexity index is 655. The Morgan fingerprint density at radius 1 is 1.17 bits per heavy atom. The summed E-state index contributed by atoms with van der Waals surface area (Å²) in [6.45, 7) is 2.35. The molecule has 1 N–H and O–H groups in total. The fraction of sp³-hybridized carbons (Fsp3) is 0.176. The molecule has 0 heterocycles. The molecule has 2 aromatic rings. The molecule has 0 aromatic heterocycles. The van der Waals surface area contributed by atoms with Crippen molar-refractivity contribution in [2.45, 2.75) is 6.92 Å². The summed E-state index contributed by atoms with van der Waals surface area (Å²) in [4.78, 5) is 16.7. The summed E-state index contributed by atoms with van der Waals surface area (Å²) in [6.07, 6.45) is 1.51. The zero-order valence-corrected chi connectivity index (χ0v) is 13.4. The van der Waals surface area contributed by atoms with Crippen LogP contribution in [0.25, 0.3) is 0 Å². The highest BCUT2D eigenvalue weighted by Crippen LogP contribution is 2.15. The van der Waals surface area contributed by atoms with Crippen molar-refractivity contribution in [1.29, 1.82) is 0 Å². The molecule has 0 atom stereocenters. The number of halogens is 1. The van der Waals surface area contributed by atoms with E-state index in [-0.39, 0.29) is 12.5 Å². The lowest BCUT2D eigenvalue weighted by Gasteiger charge is -2.06. The molecule has 0 radical (unpaired) electrons. The highest BCUT2D eigenvalue weighted by molar-refractivity contribution is 6.30. The van der Waals surface area contributed by atoms with Crippen molar-refractivity contribution < 1.29 is 14.4 Å². The third-order valence-corrected chi connectivity index (χ3v) is 3.04. The molecule has 120 valence electrons. The number of rotatable bonds is 7. The van der Waals surface area contributed by atoms with E-state index < -0.39 is 0 Å². The summed E-state index contributed by atoms with van der Waals surface area (Å²) in [6, 6.07) is 14.2. The van der Waals surface area contributed by atoms with E-state index in [1.165, 1.54) is 6.21 Å². The van der Waals surface area contributed by atoms with Crippen molar-refractivity contribution in [3.63, 3.8) is 0 Å². The summed E-state index contributed by atoms with van der Waals surface area (Å²) in [5, 5.41) is 7.10. The Kier molecular flexibility index (Phi) is 6.44. The zero-order valence-electron chi connectivity index (χ0n) is 12.7.